The van der Waals surface area contributed by atoms with Gasteiger partial charge in [0.25, 0.3) is 5.91 Å². The van der Waals surface area contributed by atoms with E-state index >= 15 is 0 Å². The fraction of sp³-hybridized carbons (Fsp3) is 0.600. The molecule has 8 heteroatoms. The van der Waals surface area contributed by atoms with Crippen molar-refractivity contribution in [3.63, 3.8) is 0 Å². The molecule has 2 aliphatic heterocycles. The molecule has 1 fully saturated rings. The minimum absolute atomic E-state index is 0.0253. The van der Waals surface area contributed by atoms with Crippen molar-refractivity contribution in [2.24, 2.45) is 0 Å². The van der Waals surface area contributed by atoms with Crippen LogP contribution in [0.1, 0.15) is 33.6 Å². The quantitative estimate of drug-likeness (QED) is 0.757. The number of nitrogens with one attached hydrogen (secondary N) is 1. The summed E-state index contributed by atoms with van der Waals surface area (Å²) in [6, 6.07) is 5.71. The Hall–Kier alpha value is -1.80. The second-order valence-corrected chi connectivity index (χ2v) is 9.18. The number of halogens is 1. The third-order valence-electron chi connectivity index (χ3n) is 4.79. The van der Waals surface area contributed by atoms with Crippen molar-refractivity contribution in [1.82, 2.24) is 10.2 Å². The molecule has 2 aliphatic rings. The van der Waals surface area contributed by atoms with Crippen molar-refractivity contribution in [3.05, 3.63) is 22.7 Å². The third kappa shape index (κ3) is 5.61. The van der Waals surface area contributed by atoms with Crippen molar-refractivity contribution in [3.8, 4) is 5.75 Å². The number of amides is 2. The van der Waals surface area contributed by atoms with Crippen LogP contribution in [0.3, 0.4) is 0 Å². The first kappa shape index (κ1) is 20.9. The SMILES string of the molecule is CC(C)(C)NC(=O)OC1CCN(CCN2C(=O)COc3ccc(Br)cc32)CC1. The van der Waals surface area contributed by atoms with E-state index in [1.54, 1.807) is 4.90 Å². The zero-order valence-electron chi connectivity index (χ0n) is 16.7. The molecule has 1 aromatic rings. The standard InChI is InChI=1S/C20H28BrN3O4/c1-20(2,3)22-19(26)28-15-6-8-23(9-7-15)10-11-24-16-12-14(21)4-5-17(16)27-13-18(24)25/h4-5,12,15H,6-11,13H2,1-3H3,(H,22,26). The molecule has 1 saturated heterocycles. The first-order valence-corrected chi connectivity index (χ1v) is 10.4. The first-order chi connectivity index (χ1) is 13.2. The lowest BCUT2D eigenvalue weighted by Gasteiger charge is -2.35. The maximum Gasteiger partial charge on any atom is 0.407 e. The molecule has 0 aliphatic carbocycles. The highest BCUT2D eigenvalue weighted by molar-refractivity contribution is 9.10. The molecule has 154 valence electrons. The lowest BCUT2D eigenvalue weighted by molar-refractivity contribution is -0.121. The van der Waals surface area contributed by atoms with Crippen molar-refractivity contribution in [2.45, 2.75) is 45.3 Å². The zero-order chi connectivity index (χ0) is 20.3. The van der Waals surface area contributed by atoms with Crippen LogP contribution in [0.25, 0.3) is 0 Å². The van der Waals surface area contributed by atoms with Crippen LogP contribution in [-0.2, 0) is 9.53 Å². The smallest absolute Gasteiger partial charge is 0.407 e. The number of fused-ring (bicyclic) bond motifs is 1. The molecular weight excluding hydrogens is 426 g/mol. The number of rotatable bonds is 4. The summed E-state index contributed by atoms with van der Waals surface area (Å²) in [5.41, 5.74) is 0.510. The fourth-order valence-corrected chi connectivity index (χ4v) is 3.75. The molecule has 0 unspecified atom stereocenters. The number of anilines is 1. The van der Waals surface area contributed by atoms with E-state index in [1.807, 2.05) is 39.0 Å². The van der Waals surface area contributed by atoms with E-state index in [9.17, 15) is 9.59 Å². The molecule has 7 nitrogen and oxygen atoms in total. The lowest BCUT2D eigenvalue weighted by Crippen LogP contribution is -2.47. The van der Waals surface area contributed by atoms with Crippen LogP contribution in [-0.4, -0.2) is 61.3 Å². The van der Waals surface area contributed by atoms with Gasteiger partial charge < -0.3 is 24.6 Å². The number of alkyl carbamates (subject to hydrolysis) is 1. The zero-order valence-corrected chi connectivity index (χ0v) is 18.3. The maximum atomic E-state index is 12.3. The van der Waals surface area contributed by atoms with Crippen LogP contribution < -0.4 is 15.0 Å². The number of hydrogen-bond acceptors (Lipinski definition) is 5. The monoisotopic (exact) mass is 453 g/mol. The molecule has 0 atom stereocenters. The average Bonchev–Trinajstić information content (AvgIpc) is 2.60. The normalized spacial score (nSPS) is 18.4. The fourth-order valence-electron chi connectivity index (χ4n) is 3.40. The second-order valence-electron chi connectivity index (χ2n) is 8.27. The number of carbonyl (C=O) groups excluding carboxylic acids is 2. The molecular formula is C20H28BrN3O4. The minimum Gasteiger partial charge on any atom is -0.482 e. The molecule has 3 rings (SSSR count). The number of hydrogen-bond donors (Lipinski definition) is 1. The Morgan fingerprint density at radius 2 is 2.00 bits per heavy atom. The van der Waals surface area contributed by atoms with E-state index in [4.69, 9.17) is 9.47 Å². The van der Waals surface area contributed by atoms with Crippen LogP contribution in [0.5, 0.6) is 5.75 Å². The van der Waals surface area contributed by atoms with Crippen LogP contribution in [0.2, 0.25) is 0 Å². The number of likely N-dealkylation sites (tertiary alicyclic amines) is 1. The van der Waals surface area contributed by atoms with Crippen LogP contribution in [0, 0.1) is 0 Å². The summed E-state index contributed by atoms with van der Waals surface area (Å²) in [6.45, 7) is 8.95. The number of benzene rings is 1. The van der Waals surface area contributed by atoms with Crippen molar-refractivity contribution in [1.29, 1.82) is 0 Å². The Morgan fingerprint density at radius 1 is 1.29 bits per heavy atom. The molecule has 1 aromatic carbocycles. The highest BCUT2D eigenvalue weighted by Crippen LogP contribution is 2.34. The van der Waals surface area contributed by atoms with Gasteiger partial charge in [0.1, 0.15) is 11.9 Å². The molecule has 2 heterocycles. The van der Waals surface area contributed by atoms with E-state index in [0.29, 0.717) is 6.54 Å². The Morgan fingerprint density at radius 3 is 2.68 bits per heavy atom. The van der Waals surface area contributed by atoms with E-state index in [-0.39, 0.29) is 30.3 Å². The predicted molar refractivity (Wildman–Crippen MR) is 111 cm³/mol. The lowest BCUT2D eigenvalue weighted by atomic mass is 10.1. The number of ether oxygens (including phenoxy) is 2. The molecule has 0 aromatic heterocycles. The van der Waals surface area contributed by atoms with Crippen molar-refractivity contribution < 1.29 is 19.1 Å². The highest BCUT2D eigenvalue weighted by atomic mass is 79.9. The molecule has 0 spiro atoms. The minimum atomic E-state index is -0.355. The van der Waals surface area contributed by atoms with Crippen LogP contribution in [0.4, 0.5) is 10.5 Å². The summed E-state index contributed by atoms with van der Waals surface area (Å²) in [5.74, 6) is 0.711. The van der Waals surface area contributed by atoms with Gasteiger partial charge in [0, 0.05) is 36.2 Å². The van der Waals surface area contributed by atoms with Crippen LogP contribution in [0.15, 0.2) is 22.7 Å². The van der Waals surface area contributed by atoms with Gasteiger partial charge >= 0.3 is 6.09 Å². The van der Waals surface area contributed by atoms with Gasteiger partial charge in [-0.25, -0.2) is 4.79 Å². The first-order valence-electron chi connectivity index (χ1n) is 9.65. The highest BCUT2D eigenvalue weighted by Gasteiger charge is 2.28. The molecule has 2 amide bonds. The van der Waals surface area contributed by atoms with E-state index in [1.165, 1.54) is 0 Å². The van der Waals surface area contributed by atoms with E-state index in [2.05, 4.69) is 26.1 Å². The molecule has 1 N–H and O–H groups in total. The second kappa shape index (κ2) is 8.69. The van der Waals surface area contributed by atoms with Gasteiger partial charge in [-0.15, -0.1) is 0 Å². The van der Waals surface area contributed by atoms with Crippen LogP contribution >= 0.6 is 15.9 Å². The Kier molecular flexibility index (Phi) is 6.50. The van der Waals surface area contributed by atoms with Gasteiger partial charge in [-0.2, -0.15) is 0 Å². The number of piperidine rings is 1. The van der Waals surface area contributed by atoms with E-state index < -0.39 is 0 Å². The molecule has 0 saturated carbocycles. The Bertz CT molecular complexity index is 727. The summed E-state index contributed by atoms with van der Waals surface area (Å²) in [5, 5.41) is 2.83. The maximum absolute atomic E-state index is 12.3. The van der Waals surface area contributed by atoms with E-state index in [0.717, 1.165) is 48.4 Å². The Balaban J connectivity index is 1.48. The number of nitrogens with zero attached hydrogens (tertiary/aromatic N) is 2. The largest absolute Gasteiger partial charge is 0.482 e. The van der Waals surface area contributed by atoms with Gasteiger partial charge in [-0.05, 0) is 51.8 Å². The van der Waals surface area contributed by atoms with Gasteiger partial charge in [-0.1, -0.05) is 15.9 Å². The topological polar surface area (TPSA) is 71.1 Å². The summed E-state index contributed by atoms with van der Waals surface area (Å²) in [7, 11) is 0. The summed E-state index contributed by atoms with van der Waals surface area (Å²) < 4.78 is 12.0. The van der Waals surface area contributed by atoms with Gasteiger partial charge in [-0.3, -0.25) is 4.79 Å². The predicted octanol–water partition coefficient (Wildman–Crippen LogP) is 3.16. The average molecular weight is 454 g/mol. The summed E-state index contributed by atoms with van der Waals surface area (Å²) >= 11 is 3.46. The summed E-state index contributed by atoms with van der Waals surface area (Å²) in [4.78, 5) is 28.3. The molecule has 0 radical (unpaired) electrons. The summed E-state index contributed by atoms with van der Waals surface area (Å²) in [6.07, 6.45) is 1.19. The van der Waals surface area contributed by atoms with Gasteiger partial charge in [0.15, 0.2) is 6.61 Å². The Labute approximate surface area is 174 Å². The van der Waals surface area contributed by atoms with Crippen molar-refractivity contribution in [2.75, 3.05) is 37.7 Å². The van der Waals surface area contributed by atoms with Gasteiger partial charge in [0.05, 0.1) is 5.69 Å². The van der Waals surface area contributed by atoms with Gasteiger partial charge in [0.2, 0.25) is 0 Å². The van der Waals surface area contributed by atoms with Crippen molar-refractivity contribution >= 4 is 33.6 Å². The molecule has 0 bridgehead atoms. The third-order valence-corrected chi connectivity index (χ3v) is 5.28. The molecule has 28 heavy (non-hydrogen) atoms. The number of carbonyl (C=O) groups is 2.